The average molecular weight is 518 g/mol. The zero-order valence-electron chi connectivity index (χ0n) is 21.6. The molecule has 1 aromatic rings. The van der Waals surface area contributed by atoms with Crippen LogP contribution >= 0.6 is 0 Å². The SMILES string of the molecule is CC[C@H]1OC(=O)C2=CCN(C2)C(=O)c2coc(n2)CC(F)C[C@H](O)/C=C(C)/C=C/CNC(=O)CC[C@H]1C. The number of halogens is 1. The molecule has 1 unspecified atom stereocenters. The Hall–Kier alpha value is -3.27. The lowest BCUT2D eigenvalue weighted by Crippen LogP contribution is -2.32. The van der Waals surface area contributed by atoms with Gasteiger partial charge in [-0.25, -0.2) is 14.2 Å². The maximum absolute atomic E-state index is 14.5. The number of nitrogens with one attached hydrogen (secondary N) is 1. The van der Waals surface area contributed by atoms with Gasteiger partial charge < -0.3 is 24.5 Å². The first-order valence-electron chi connectivity index (χ1n) is 12.7. The third kappa shape index (κ3) is 8.38. The highest BCUT2D eigenvalue weighted by Crippen LogP contribution is 2.21. The molecule has 2 amide bonds. The lowest BCUT2D eigenvalue weighted by atomic mass is 9.96. The molecule has 9 nitrogen and oxygen atoms in total. The monoisotopic (exact) mass is 517 g/mol. The number of hydrogen-bond donors (Lipinski definition) is 2. The molecule has 4 atom stereocenters. The number of oxazole rings is 1. The van der Waals surface area contributed by atoms with Crippen molar-refractivity contribution in [2.45, 2.75) is 71.3 Å². The molecular weight excluding hydrogens is 481 g/mol. The maximum Gasteiger partial charge on any atom is 0.335 e. The van der Waals surface area contributed by atoms with Crippen LogP contribution < -0.4 is 5.32 Å². The standard InChI is InChI=1S/C27H36FN3O6/c1-4-23-18(3)7-8-24(33)29-10-5-6-17(2)12-21(32)13-20(28)14-25-30-22(16-36-25)26(34)31-11-9-19(15-31)27(35)37-23/h5-6,9,12,16,18,20-21,23,32H,4,7-8,10-11,13-15H2,1-3H3,(H,29,33)/b6-5+,17-12+/t18-,20?,21-,23-/m1/s1. The third-order valence-electron chi connectivity index (χ3n) is 6.51. The second-order valence-electron chi connectivity index (χ2n) is 9.63. The van der Waals surface area contributed by atoms with Crippen LogP contribution in [0.2, 0.25) is 0 Å². The summed E-state index contributed by atoms with van der Waals surface area (Å²) in [6, 6.07) is 0. The van der Waals surface area contributed by atoms with Crippen LogP contribution in [0.3, 0.4) is 0 Å². The van der Waals surface area contributed by atoms with E-state index in [1.807, 2.05) is 13.8 Å². The van der Waals surface area contributed by atoms with Gasteiger partial charge in [0.1, 0.15) is 18.5 Å². The van der Waals surface area contributed by atoms with E-state index < -0.39 is 24.2 Å². The first-order chi connectivity index (χ1) is 17.7. The lowest BCUT2D eigenvalue weighted by Gasteiger charge is -2.23. The van der Waals surface area contributed by atoms with Crippen LogP contribution in [0, 0.1) is 5.92 Å². The second-order valence-corrected chi connectivity index (χ2v) is 9.63. The van der Waals surface area contributed by atoms with E-state index in [9.17, 15) is 23.9 Å². The average Bonchev–Trinajstić information content (AvgIpc) is 3.52. The third-order valence-corrected chi connectivity index (χ3v) is 6.51. The number of alkyl halides is 1. The number of rotatable bonds is 1. The number of allylic oxidation sites excluding steroid dienone is 2. The Morgan fingerprint density at radius 2 is 2.08 bits per heavy atom. The van der Waals surface area contributed by atoms with Crippen molar-refractivity contribution >= 4 is 17.8 Å². The van der Waals surface area contributed by atoms with E-state index in [0.717, 1.165) is 5.57 Å². The van der Waals surface area contributed by atoms with Crippen molar-refractivity contribution in [2.24, 2.45) is 5.92 Å². The number of amides is 2. The van der Waals surface area contributed by atoms with E-state index in [-0.39, 0.29) is 55.4 Å². The number of aromatic nitrogens is 1. The van der Waals surface area contributed by atoms with E-state index in [1.165, 1.54) is 11.2 Å². The molecule has 2 aliphatic heterocycles. The Labute approximate surface area is 216 Å². The van der Waals surface area contributed by atoms with E-state index in [4.69, 9.17) is 9.15 Å². The van der Waals surface area contributed by atoms with Crippen molar-refractivity contribution < 1.29 is 33.0 Å². The van der Waals surface area contributed by atoms with Crippen LogP contribution in [0.25, 0.3) is 0 Å². The molecule has 10 heteroatoms. The van der Waals surface area contributed by atoms with Crippen LogP contribution in [0.5, 0.6) is 0 Å². The Bertz CT molecular complexity index is 1060. The number of esters is 1. The quantitative estimate of drug-likeness (QED) is 0.549. The van der Waals surface area contributed by atoms with Crippen LogP contribution in [0.4, 0.5) is 4.39 Å². The number of nitrogens with zero attached hydrogens (tertiary/aromatic N) is 2. The minimum absolute atomic E-state index is 0.0273. The first-order valence-corrected chi connectivity index (χ1v) is 12.7. The normalized spacial score (nSPS) is 29.4. The summed E-state index contributed by atoms with van der Waals surface area (Å²) in [5.74, 6) is -1.01. The molecule has 0 saturated heterocycles. The zero-order chi connectivity index (χ0) is 26.9. The molecule has 1 aromatic heterocycles. The van der Waals surface area contributed by atoms with Crippen LogP contribution in [-0.2, 0) is 20.7 Å². The van der Waals surface area contributed by atoms with Gasteiger partial charge >= 0.3 is 5.97 Å². The van der Waals surface area contributed by atoms with Gasteiger partial charge in [0.05, 0.1) is 24.6 Å². The van der Waals surface area contributed by atoms with Gasteiger partial charge in [0, 0.05) is 25.9 Å². The predicted molar refractivity (Wildman–Crippen MR) is 134 cm³/mol. The molecule has 0 fully saturated rings. The summed E-state index contributed by atoms with van der Waals surface area (Å²) in [5, 5.41) is 13.0. The van der Waals surface area contributed by atoms with Crippen LogP contribution in [-0.4, -0.2) is 70.8 Å². The fourth-order valence-electron chi connectivity index (χ4n) is 4.35. The van der Waals surface area contributed by atoms with Crippen molar-refractivity contribution in [3.05, 3.63) is 53.3 Å². The van der Waals surface area contributed by atoms with Gasteiger partial charge in [-0.1, -0.05) is 43.7 Å². The first kappa shape index (κ1) is 28.3. The minimum atomic E-state index is -1.43. The molecule has 2 N–H and O–H groups in total. The molecule has 202 valence electrons. The number of ether oxygens (including phenoxy) is 1. The van der Waals surface area contributed by atoms with E-state index >= 15 is 0 Å². The Kier molecular flexibility index (Phi) is 10.2. The van der Waals surface area contributed by atoms with E-state index in [2.05, 4.69) is 10.3 Å². The molecule has 0 aromatic carbocycles. The fraction of sp³-hybridized carbons (Fsp3) is 0.556. The number of hydrogen-bond acceptors (Lipinski definition) is 7. The van der Waals surface area contributed by atoms with Crippen molar-refractivity contribution in [2.75, 3.05) is 19.6 Å². The number of fused-ring (bicyclic) bond motifs is 4. The van der Waals surface area contributed by atoms with Gasteiger partial charge in [-0.05, 0) is 25.7 Å². The predicted octanol–water partition coefficient (Wildman–Crippen LogP) is 3.06. The second kappa shape index (κ2) is 13.3. The highest BCUT2D eigenvalue weighted by Gasteiger charge is 2.30. The van der Waals surface area contributed by atoms with Crippen molar-refractivity contribution in [1.82, 2.24) is 15.2 Å². The summed E-state index contributed by atoms with van der Waals surface area (Å²) in [4.78, 5) is 43.4. The molecule has 4 bridgehead atoms. The molecular formula is C27H36FN3O6. The molecule has 3 rings (SSSR count). The zero-order valence-corrected chi connectivity index (χ0v) is 21.6. The molecule has 0 aliphatic carbocycles. The van der Waals surface area contributed by atoms with Gasteiger partial charge in [0.2, 0.25) is 5.91 Å². The van der Waals surface area contributed by atoms with Crippen molar-refractivity contribution in [3.63, 3.8) is 0 Å². The highest BCUT2D eigenvalue weighted by molar-refractivity contribution is 5.96. The van der Waals surface area contributed by atoms with Crippen LogP contribution in [0.15, 0.2) is 46.1 Å². The van der Waals surface area contributed by atoms with Gasteiger partial charge in [-0.15, -0.1) is 0 Å². The van der Waals surface area contributed by atoms with E-state index in [1.54, 1.807) is 31.2 Å². The number of aliphatic hydroxyl groups is 1. The fourth-order valence-corrected chi connectivity index (χ4v) is 4.35. The summed E-state index contributed by atoms with van der Waals surface area (Å²) in [6.07, 6.45) is 6.15. The van der Waals surface area contributed by atoms with Crippen LogP contribution in [0.1, 0.15) is 62.8 Å². The topological polar surface area (TPSA) is 122 Å². The van der Waals surface area contributed by atoms with Crippen molar-refractivity contribution in [3.8, 4) is 0 Å². The Balaban J connectivity index is 1.74. The molecule has 3 heterocycles. The van der Waals surface area contributed by atoms with E-state index in [0.29, 0.717) is 31.4 Å². The number of carbonyl (C=O) groups excluding carboxylic acids is 3. The largest absolute Gasteiger partial charge is 0.459 e. The Morgan fingerprint density at radius 3 is 2.84 bits per heavy atom. The van der Waals surface area contributed by atoms with Gasteiger partial charge in [0.15, 0.2) is 11.6 Å². The molecule has 37 heavy (non-hydrogen) atoms. The Morgan fingerprint density at radius 1 is 1.30 bits per heavy atom. The number of aliphatic hydroxyl groups excluding tert-OH is 1. The summed E-state index contributed by atoms with van der Waals surface area (Å²) in [6.45, 7) is 6.25. The van der Waals surface area contributed by atoms with Crippen molar-refractivity contribution in [1.29, 1.82) is 0 Å². The molecule has 0 spiro atoms. The number of cyclic esters (lactones) is 1. The van der Waals surface area contributed by atoms with Gasteiger partial charge in [0.25, 0.3) is 5.91 Å². The molecule has 0 saturated carbocycles. The smallest absolute Gasteiger partial charge is 0.335 e. The lowest BCUT2D eigenvalue weighted by molar-refractivity contribution is -0.147. The van der Waals surface area contributed by atoms with Gasteiger partial charge in [-0.3, -0.25) is 9.59 Å². The highest BCUT2D eigenvalue weighted by atomic mass is 19.1. The summed E-state index contributed by atoms with van der Waals surface area (Å²) < 4.78 is 25.5. The van der Waals surface area contributed by atoms with Gasteiger partial charge in [-0.2, -0.15) is 0 Å². The molecule has 0 radical (unpaired) electrons. The number of carbonyl (C=O) groups is 3. The molecule has 2 aliphatic rings. The summed E-state index contributed by atoms with van der Waals surface area (Å²) >= 11 is 0. The minimum Gasteiger partial charge on any atom is -0.459 e. The summed E-state index contributed by atoms with van der Waals surface area (Å²) in [7, 11) is 0. The summed E-state index contributed by atoms with van der Waals surface area (Å²) in [5.41, 5.74) is 1.13. The maximum atomic E-state index is 14.5.